The molecule has 20 heavy (non-hydrogen) atoms. The van der Waals surface area contributed by atoms with Crippen LogP contribution in [-0.2, 0) is 7.05 Å². The molecule has 0 amide bonds. The lowest BCUT2D eigenvalue weighted by Crippen LogP contribution is -1.99. The van der Waals surface area contributed by atoms with Gasteiger partial charge in [-0.1, -0.05) is 22.0 Å². The lowest BCUT2D eigenvalue weighted by molar-refractivity contribution is 0.454. The summed E-state index contributed by atoms with van der Waals surface area (Å²) >= 11 is 3.54. The molecule has 6 heteroatoms. The summed E-state index contributed by atoms with van der Waals surface area (Å²) in [6, 6.07) is 5.88. The molecule has 1 aliphatic rings. The van der Waals surface area contributed by atoms with E-state index in [2.05, 4.69) is 31.2 Å². The van der Waals surface area contributed by atoms with E-state index < -0.39 is 0 Å². The summed E-state index contributed by atoms with van der Waals surface area (Å²) in [6.45, 7) is 0. The zero-order chi connectivity index (χ0) is 14.3. The molecule has 0 aliphatic carbocycles. The third kappa shape index (κ3) is 1.92. The van der Waals surface area contributed by atoms with Gasteiger partial charge in [-0.05, 0) is 18.2 Å². The van der Waals surface area contributed by atoms with Crippen molar-refractivity contribution in [3.8, 4) is 5.88 Å². The number of rotatable bonds is 2. The van der Waals surface area contributed by atoms with Crippen molar-refractivity contribution in [3.63, 3.8) is 0 Å². The highest BCUT2D eigenvalue weighted by Crippen LogP contribution is 2.38. The Bertz CT molecular complexity index is 746. The number of fused-ring (bicyclic) bond motifs is 1. The number of allylic oxidation sites excluding steroid dienone is 1. The molecule has 0 spiro atoms. The highest BCUT2D eigenvalue weighted by Gasteiger charge is 2.18. The van der Waals surface area contributed by atoms with E-state index >= 15 is 0 Å². The smallest absolute Gasteiger partial charge is 0.238 e. The Hall–Kier alpha value is -2.08. The van der Waals surface area contributed by atoms with Gasteiger partial charge in [0.05, 0.1) is 5.69 Å². The van der Waals surface area contributed by atoms with Gasteiger partial charge in [-0.15, -0.1) is 0 Å². The Kier molecular flexibility index (Phi) is 3.10. The largest absolute Gasteiger partial charge is 0.492 e. The van der Waals surface area contributed by atoms with Crippen LogP contribution in [0.15, 0.2) is 27.7 Å². The number of aromatic nitrogens is 2. The van der Waals surface area contributed by atoms with Crippen LogP contribution < -0.4 is 5.32 Å². The fourth-order valence-electron chi connectivity index (χ4n) is 2.25. The van der Waals surface area contributed by atoms with Crippen LogP contribution in [0, 0.1) is 0 Å². The molecule has 1 aromatic carbocycles. The number of imidazole rings is 1. The van der Waals surface area contributed by atoms with Gasteiger partial charge in [0.25, 0.3) is 0 Å². The van der Waals surface area contributed by atoms with Gasteiger partial charge in [0.1, 0.15) is 5.69 Å². The van der Waals surface area contributed by atoms with Gasteiger partial charge in [0.15, 0.2) is 0 Å². The fraction of sp³-hybridized carbons (Fsp3) is 0.143. The summed E-state index contributed by atoms with van der Waals surface area (Å²) in [5, 5.41) is 12.9. The maximum Gasteiger partial charge on any atom is 0.238 e. The molecule has 0 saturated carbocycles. The second kappa shape index (κ2) is 4.79. The van der Waals surface area contributed by atoms with Crippen molar-refractivity contribution in [2.24, 2.45) is 12.0 Å². The highest BCUT2D eigenvalue weighted by molar-refractivity contribution is 9.10. The van der Waals surface area contributed by atoms with Gasteiger partial charge in [-0.2, -0.15) is 4.98 Å². The summed E-state index contributed by atoms with van der Waals surface area (Å²) in [6.07, 6.45) is 3.67. The summed E-state index contributed by atoms with van der Waals surface area (Å²) in [5.41, 5.74) is 3.52. The minimum absolute atomic E-state index is 0.00162. The van der Waals surface area contributed by atoms with Crippen molar-refractivity contribution < 1.29 is 5.11 Å². The molecular weight excluding hydrogens is 320 g/mol. The van der Waals surface area contributed by atoms with Crippen LogP contribution in [0.2, 0.25) is 0 Å². The van der Waals surface area contributed by atoms with Crippen LogP contribution in [0.1, 0.15) is 11.3 Å². The Morgan fingerprint density at radius 2 is 2.20 bits per heavy atom. The number of anilines is 1. The number of benzene rings is 1. The average Bonchev–Trinajstić information content (AvgIpc) is 2.96. The van der Waals surface area contributed by atoms with E-state index in [1.165, 1.54) is 0 Å². The van der Waals surface area contributed by atoms with E-state index in [1.54, 1.807) is 17.8 Å². The first kappa shape index (κ1) is 12.9. The molecule has 0 unspecified atom stereocenters. The van der Waals surface area contributed by atoms with Gasteiger partial charge in [0.2, 0.25) is 11.8 Å². The van der Waals surface area contributed by atoms with Gasteiger partial charge in [-0.3, -0.25) is 4.99 Å². The number of nitrogens with zero attached hydrogens (tertiary/aromatic N) is 3. The first-order valence-electron chi connectivity index (χ1n) is 6.10. The maximum atomic E-state index is 9.95. The minimum Gasteiger partial charge on any atom is -0.492 e. The van der Waals surface area contributed by atoms with E-state index in [0.717, 1.165) is 21.3 Å². The van der Waals surface area contributed by atoms with E-state index in [1.807, 2.05) is 31.3 Å². The zero-order valence-electron chi connectivity index (χ0n) is 11.1. The quantitative estimate of drug-likeness (QED) is 0.887. The topological polar surface area (TPSA) is 62.4 Å². The number of hydrogen-bond donors (Lipinski definition) is 2. The summed E-state index contributed by atoms with van der Waals surface area (Å²) < 4.78 is 2.78. The van der Waals surface area contributed by atoms with Crippen molar-refractivity contribution in [3.05, 3.63) is 33.9 Å². The molecule has 2 heterocycles. The van der Waals surface area contributed by atoms with Crippen LogP contribution >= 0.6 is 15.9 Å². The molecule has 102 valence electrons. The Balaban J connectivity index is 2.13. The molecule has 1 aromatic heterocycles. The SMILES string of the molecule is CNc1nc(O)c(/C=C2\C=Nc3cccc(Br)c32)n1C. The van der Waals surface area contributed by atoms with E-state index in [9.17, 15) is 5.11 Å². The summed E-state index contributed by atoms with van der Waals surface area (Å²) in [4.78, 5) is 8.43. The lowest BCUT2D eigenvalue weighted by Gasteiger charge is -2.04. The monoisotopic (exact) mass is 332 g/mol. The second-order valence-corrected chi connectivity index (χ2v) is 5.30. The van der Waals surface area contributed by atoms with Crippen LogP contribution in [0.4, 0.5) is 11.6 Å². The molecule has 0 atom stereocenters. The standard InChI is InChI=1S/C14H13BrN4O/c1-16-14-18-13(20)11(19(14)2)6-8-7-17-10-5-3-4-9(15)12(8)10/h3-7,20H,1-2H3,(H,16,18)/b8-6+. The molecule has 0 fully saturated rings. The number of aliphatic imine (C=N–C) groups is 1. The molecule has 0 saturated heterocycles. The lowest BCUT2D eigenvalue weighted by atomic mass is 10.1. The first-order valence-corrected chi connectivity index (χ1v) is 6.89. The third-order valence-corrected chi connectivity index (χ3v) is 3.92. The minimum atomic E-state index is -0.00162. The number of hydrogen-bond acceptors (Lipinski definition) is 4. The molecule has 2 N–H and O–H groups in total. The van der Waals surface area contributed by atoms with Crippen molar-refractivity contribution in [2.75, 3.05) is 12.4 Å². The molecular formula is C14H13BrN4O. The molecule has 0 bridgehead atoms. The highest BCUT2D eigenvalue weighted by atomic mass is 79.9. The maximum absolute atomic E-state index is 9.95. The van der Waals surface area contributed by atoms with Crippen molar-refractivity contribution in [1.29, 1.82) is 0 Å². The van der Waals surface area contributed by atoms with Crippen LogP contribution in [0.25, 0.3) is 11.6 Å². The van der Waals surface area contributed by atoms with Gasteiger partial charge < -0.3 is 15.0 Å². The van der Waals surface area contributed by atoms with Crippen LogP contribution in [-0.4, -0.2) is 27.9 Å². The van der Waals surface area contributed by atoms with Gasteiger partial charge >= 0.3 is 0 Å². The van der Waals surface area contributed by atoms with E-state index in [-0.39, 0.29) is 5.88 Å². The summed E-state index contributed by atoms with van der Waals surface area (Å²) in [5.74, 6) is 0.606. The Morgan fingerprint density at radius 3 is 2.90 bits per heavy atom. The van der Waals surface area contributed by atoms with Gasteiger partial charge in [-0.25, -0.2) is 0 Å². The Labute approximate surface area is 124 Å². The average molecular weight is 333 g/mol. The fourth-order valence-corrected chi connectivity index (χ4v) is 2.83. The van der Waals surface area contributed by atoms with Crippen molar-refractivity contribution >= 4 is 45.4 Å². The molecule has 5 nitrogen and oxygen atoms in total. The van der Waals surface area contributed by atoms with E-state index in [0.29, 0.717) is 11.6 Å². The normalized spacial score (nSPS) is 14.8. The summed E-state index contributed by atoms with van der Waals surface area (Å²) in [7, 11) is 3.61. The van der Waals surface area contributed by atoms with Crippen molar-refractivity contribution in [2.45, 2.75) is 0 Å². The predicted molar refractivity (Wildman–Crippen MR) is 84.6 cm³/mol. The third-order valence-electron chi connectivity index (χ3n) is 3.26. The number of nitrogens with one attached hydrogen (secondary N) is 1. The second-order valence-electron chi connectivity index (χ2n) is 4.45. The first-order chi connectivity index (χ1) is 9.61. The molecule has 2 aromatic rings. The van der Waals surface area contributed by atoms with Crippen LogP contribution in [0.3, 0.4) is 0 Å². The van der Waals surface area contributed by atoms with Crippen LogP contribution in [0.5, 0.6) is 5.88 Å². The predicted octanol–water partition coefficient (Wildman–Crippen LogP) is 3.19. The molecule has 3 rings (SSSR count). The Morgan fingerprint density at radius 1 is 1.40 bits per heavy atom. The molecule has 0 radical (unpaired) electrons. The van der Waals surface area contributed by atoms with Gasteiger partial charge in [0, 0.05) is 35.9 Å². The van der Waals surface area contributed by atoms with Crippen molar-refractivity contribution in [1.82, 2.24) is 9.55 Å². The molecule has 1 aliphatic heterocycles. The number of aromatic hydroxyl groups is 1. The number of halogens is 1. The zero-order valence-corrected chi connectivity index (χ0v) is 12.6. The van der Waals surface area contributed by atoms with E-state index in [4.69, 9.17) is 0 Å².